The van der Waals surface area contributed by atoms with Crippen molar-refractivity contribution < 1.29 is 22.7 Å². The van der Waals surface area contributed by atoms with Crippen molar-refractivity contribution in [1.29, 1.82) is 0 Å². The molecule has 0 spiro atoms. The molecule has 0 aromatic heterocycles. The average Bonchev–Trinajstić information content (AvgIpc) is 2.36. The van der Waals surface area contributed by atoms with Crippen LogP contribution >= 0.6 is 24.0 Å². The molecule has 0 heterocycles. The number of aliphatic hydroxyl groups is 1. The Morgan fingerprint density at radius 3 is 2.23 bits per heavy atom. The van der Waals surface area contributed by atoms with Crippen molar-refractivity contribution in [3.8, 4) is 0 Å². The summed E-state index contributed by atoms with van der Waals surface area (Å²) in [7, 11) is 0. The first kappa shape index (κ1) is 21.4. The van der Waals surface area contributed by atoms with Crippen LogP contribution in [0.15, 0.2) is 12.1 Å². The van der Waals surface area contributed by atoms with Gasteiger partial charge in [-0.15, -0.1) is 12.4 Å². The minimum absolute atomic E-state index is 0. The predicted octanol–water partition coefficient (Wildman–Crippen LogP) is 4.72. The van der Waals surface area contributed by atoms with E-state index in [4.69, 9.17) is 17.3 Å². The number of rotatable bonds is 5. The van der Waals surface area contributed by atoms with Gasteiger partial charge >= 0.3 is 6.18 Å². The van der Waals surface area contributed by atoms with E-state index in [2.05, 4.69) is 0 Å². The molecule has 2 nitrogen and oxygen atoms in total. The summed E-state index contributed by atoms with van der Waals surface area (Å²) in [5.41, 5.74) is 4.18. The second kappa shape index (κ2) is 8.34. The first-order chi connectivity index (χ1) is 9.54. The maximum absolute atomic E-state index is 13.9. The third-order valence-corrected chi connectivity index (χ3v) is 3.47. The highest BCUT2D eigenvalue weighted by Gasteiger charge is 2.33. The van der Waals surface area contributed by atoms with E-state index in [-0.39, 0.29) is 18.8 Å². The molecule has 0 unspecified atom stereocenters. The smallest absolute Gasteiger partial charge is 0.391 e. The van der Waals surface area contributed by atoms with E-state index in [1.165, 1.54) is 0 Å². The van der Waals surface area contributed by atoms with Gasteiger partial charge in [0, 0.05) is 5.56 Å². The van der Waals surface area contributed by atoms with Gasteiger partial charge in [-0.2, -0.15) is 13.2 Å². The molecule has 3 N–H and O–H groups in total. The van der Waals surface area contributed by atoms with Crippen molar-refractivity contribution in [2.45, 2.75) is 45.0 Å². The molecule has 8 heteroatoms. The van der Waals surface area contributed by atoms with Crippen LogP contribution in [0.5, 0.6) is 0 Å². The maximum atomic E-state index is 13.9. The van der Waals surface area contributed by atoms with Crippen LogP contribution < -0.4 is 5.73 Å². The van der Waals surface area contributed by atoms with Crippen LogP contribution in [0, 0.1) is 11.7 Å². The lowest BCUT2D eigenvalue weighted by Gasteiger charge is -2.22. The second-order valence-corrected chi connectivity index (χ2v) is 5.83. The molecule has 22 heavy (non-hydrogen) atoms. The van der Waals surface area contributed by atoms with Crippen LogP contribution in [0.1, 0.15) is 43.9 Å². The van der Waals surface area contributed by atoms with Gasteiger partial charge in [-0.1, -0.05) is 25.4 Å². The highest BCUT2D eigenvalue weighted by molar-refractivity contribution is 6.30. The van der Waals surface area contributed by atoms with Crippen LogP contribution in [0.3, 0.4) is 0 Å². The van der Waals surface area contributed by atoms with Crippen LogP contribution in [-0.4, -0.2) is 11.2 Å². The third kappa shape index (κ3) is 5.57. The Kier molecular flexibility index (Phi) is 8.12. The summed E-state index contributed by atoms with van der Waals surface area (Å²) in [5, 5.41) is 9.25. The molecule has 0 saturated carbocycles. The van der Waals surface area contributed by atoms with Gasteiger partial charge in [0.1, 0.15) is 5.82 Å². The summed E-state index contributed by atoms with van der Waals surface area (Å²) in [6.45, 7) is 3.86. The van der Waals surface area contributed by atoms with Crippen molar-refractivity contribution in [3.05, 3.63) is 34.1 Å². The van der Waals surface area contributed by atoms with E-state index in [0.717, 1.165) is 0 Å². The summed E-state index contributed by atoms with van der Waals surface area (Å²) < 4.78 is 52.0. The third-order valence-electron chi connectivity index (χ3n) is 3.20. The molecular weight excluding hydrogens is 345 g/mol. The fraction of sp³-hybridized carbons (Fsp3) is 0.571. The molecule has 0 aliphatic rings. The molecule has 0 aliphatic carbocycles. The minimum atomic E-state index is -4.66. The van der Waals surface area contributed by atoms with Gasteiger partial charge in [0.2, 0.25) is 0 Å². The maximum Gasteiger partial charge on any atom is 0.416 e. The zero-order valence-electron chi connectivity index (χ0n) is 12.1. The Balaban J connectivity index is 0.00000441. The van der Waals surface area contributed by atoms with Crippen LogP contribution in [0.2, 0.25) is 5.02 Å². The Bertz CT molecular complexity index is 494. The number of hydrogen-bond donors (Lipinski definition) is 2. The molecule has 0 bridgehead atoms. The van der Waals surface area contributed by atoms with E-state index in [9.17, 15) is 22.7 Å². The Morgan fingerprint density at radius 1 is 1.23 bits per heavy atom. The highest BCUT2D eigenvalue weighted by Crippen LogP contribution is 2.35. The van der Waals surface area contributed by atoms with Crippen molar-refractivity contribution >= 4 is 24.0 Å². The quantitative estimate of drug-likeness (QED) is 0.743. The first-order valence-corrected chi connectivity index (χ1v) is 6.91. The molecule has 0 radical (unpaired) electrons. The van der Waals surface area contributed by atoms with Gasteiger partial charge in [0.05, 0.1) is 22.7 Å². The fourth-order valence-electron chi connectivity index (χ4n) is 1.91. The van der Waals surface area contributed by atoms with Crippen LogP contribution in [0.25, 0.3) is 0 Å². The van der Waals surface area contributed by atoms with Gasteiger partial charge in [-0.25, -0.2) is 4.39 Å². The largest absolute Gasteiger partial charge is 0.416 e. The SMILES string of the molecule is CC(C)CC[C@H](O)[C@H](N)c1cc(C(F)(F)F)cc(Cl)c1F.Cl. The number of aliphatic hydroxyl groups excluding tert-OH is 1. The first-order valence-electron chi connectivity index (χ1n) is 6.53. The lowest BCUT2D eigenvalue weighted by atomic mass is 9.94. The van der Waals surface area contributed by atoms with Crippen molar-refractivity contribution in [2.24, 2.45) is 11.7 Å². The van der Waals surface area contributed by atoms with Crippen LogP contribution in [0.4, 0.5) is 17.6 Å². The zero-order chi connectivity index (χ0) is 16.4. The van der Waals surface area contributed by atoms with Crippen LogP contribution in [-0.2, 0) is 6.18 Å². The lowest BCUT2D eigenvalue weighted by Crippen LogP contribution is -2.28. The zero-order valence-corrected chi connectivity index (χ0v) is 13.7. The Labute approximate surface area is 138 Å². The Morgan fingerprint density at radius 2 is 1.77 bits per heavy atom. The lowest BCUT2D eigenvalue weighted by molar-refractivity contribution is -0.137. The standard InChI is InChI=1S/C14H18ClF4NO.ClH/c1-7(2)3-4-11(21)13(20)9-5-8(14(17,18)19)6-10(15)12(9)16;/h5-7,11,13,21H,3-4,20H2,1-2H3;1H/t11-,13+;/m0./s1. The van der Waals surface area contributed by atoms with E-state index < -0.39 is 40.3 Å². The highest BCUT2D eigenvalue weighted by atomic mass is 35.5. The molecular formula is C14H19Cl2F4NO. The second-order valence-electron chi connectivity index (χ2n) is 5.42. The average molecular weight is 364 g/mol. The number of alkyl halides is 3. The summed E-state index contributed by atoms with van der Waals surface area (Å²) in [4.78, 5) is 0. The topological polar surface area (TPSA) is 46.2 Å². The molecule has 0 fully saturated rings. The predicted molar refractivity (Wildman–Crippen MR) is 80.7 cm³/mol. The van der Waals surface area contributed by atoms with Gasteiger partial charge in [0.25, 0.3) is 0 Å². The molecule has 1 rings (SSSR count). The molecule has 0 amide bonds. The van der Waals surface area contributed by atoms with E-state index in [0.29, 0.717) is 24.5 Å². The molecule has 1 aromatic rings. The molecule has 1 aromatic carbocycles. The molecule has 128 valence electrons. The number of halogens is 6. The summed E-state index contributed by atoms with van der Waals surface area (Å²) in [6.07, 6.45) is -4.90. The van der Waals surface area contributed by atoms with Crippen molar-refractivity contribution in [1.82, 2.24) is 0 Å². The van der Waals surface area contributed by atoms with Gasteiger partial charge in [-0.05, 0) is 30.9 Å². The number of benzene rings is 1. The summed E-state index contributed by atoms with van der Waals surface area (Å²) in [6, 6.07) is -0.151. The number of nitrogens with two attached hydrogens (primary N) is 1. The summed E-state index contributed by atoms with van der Waals surface area (Å²) in [5.74, 6) is -0.734. The van der Waals surface area contributed by atoms with E-state index in [1.807, 2.05) is 13.8 Å². The minimum Gasteiger partial charge on any atom is -0.391 e. The van der Waals surface area contributed by atoms with E-state index in [1.54, 1.807) is 0 Å². The van der Waals surface area contributed by atoms with Gasteiger partial charge in [0.15, 0.2) is 0 Å². The molecule has 0 saturated heterocycles. The van der Waals surface area contributed by atoms with Gasteiger partial charge < -0.3 is 10.8 Å². The van der Waals surface area contributed by atoms with Gasteiger partial charge in [-0.3, -0.25) is 0 Å². The molecule has 0 aliphatic heterocycles. The van der Waals surface area contributed by atoms with Crippen molar-refractivity contribution in [3.63, 3.8) is 0 Å². The normalized spacial score (nSPS) is 14.6. The fourth-order valence-corrected chi connectivity index (χ4v) is 2.13. The Hall–Kier alpha value is -0.560. The van der Waals surface area contributed by atoms with Crippen molar-refractivity contribution in [2.75, 3.05) is 0 Å². The monoisotopic (exact) mass is 363 g/mol. The molecule has 2 atom stereocenters. The van der Waals surface area contributed by atoms with E-state index >= 15 is 0 Å². The summed E-state index contributed by atoms with van der Waals surface area (Å²) >= 11 is 5.49. The number of hydrogen-bond acceptors (Lipinski definition) is 2.